The average Bonchev–Trinajstić information content (AvgIpc) is 3.09. The van der Waals surface area contributed by atoms with Gasteiger partial charge in [0.25, 0.3) is 0 Å². The van der Waals surface area contributed by atoms with Gasteiger partial charge in [-0.2, -0.15) is 13.2 Å². The lowest BCUT2D eigenvalue weighted by atomic mass is 10.2. The summed E-state index contributed by atoms with van der Waals surface area (Å²) in [6.07, 6.45) is -3.66. The molecule has 1 fully saturated rings. The minimum absolute atomic E-state index is 0.00294. The van der Waals surface area contributed by atoms with Crippen molar-refractivity contribution in [3.63, 3.8) is 0 Å². The molecule has 1 saturated heterocycles. The second kappa shape index (κ2) is 7.31. The van der Waals surface area contributed by atoms with Crippen LogP contribution in [0.4, 0.5) is 24.7 Å². The Balaban J connectivity index is 1.70. The van der Waals surface area contributed by atoms with Gasteiger partial charge in [0.2, 0.25) is 0 Å². The summed E-state index contributed by atoms with van der Waals surface area (Å²) < 4.78 is 48.9. The summed E-state index contributed by atoms with van der Waals surface area (Å²) in [5, 5.41) is 3.10. The third-order valence-corrected chi connectivity index (χ3v) is 4.28. The molecule has 0 radical (unpaired) electrons. The van der Waals surface area contributed by atoms with Gasteiger partial charge in [0.05, 0.1) is 14.2 Å². The van der Waals surface area contributed by atoms with Crippen LogP contribution in [0.25, 0.3) is 0 Å². The molecule has 140 valence electrons. The molecular weight excluding hydrogens is 347 g/mol. The minimum atomic E-state index is -4.45. The molecule has 3 rings (SSSR count). The van der Waals surface area contributed by atoms with Gasteiger partial charge in [-0.05, 0) is 18.6 Å². The molecule has 8 heteroatoms. The molecule has 1 aliphatic rings. The van der Waals surface area contributed by atoms with E-state index >= 15 is 0 Å². The van der Waals surface area contributed by atoms with E-state index in [4.69, 9.17) is 9.47 Å². The highest BCUT2D eigenvalue weighted by Crippen LogP contribution is 2.31. The number of pyridine rings is 1. The maximum absolute atomic E-state index is 12.8. The largest absolute Gasteiger partial charge is 0.497 e. The standard InChI is InChI=1S/C18H20F3N3O2/c1-25-14-8-13(9-15(10-14)26-2)24-7-6-12(11-24)22-17-5-3-4-16(23-17)18(19,20)21/h3-5,8-10,12H,6-7,11H2,1-2H3,(H,22,23). The van der Waals surface area contributed by atoms with Crippen LogP contribution >= 0.6 is 0 Å². The lowest BCUT2D eigenvalue weighted by Crippen LogP contribution is -2.26. The first-order valence-electron chi connectivity index (χ1n) is 8.18. The molecule has 1 atom stereocenters. The van der Waals surface area contributed by atoms with Gasteiger partial charge in [-0.15, -0.1) is 0 Å². The smallest absolute Gasteiger partial charge is 0.433 e. The number of benzene rings is 1. The quantitative estimate of drug-likeness (QED) is 0.871. The van der Waals surface area contributed by atoms with Crippen molar-refractivity contribution < 1.29 is 22.6 Å². The Morgan fingerprint density at radius 3 is 2.42 bits per heavy atom. The Bertz CT molecular complexity index is 745. The van der Waals surface area contributed by atoms with E-state index in [1.807, 2.05) is 12.1 Å². The second-order valence-corrected chi connectivity index (χ2v) is 6.05. The Kier molecular flexibility index (Phi) is 5.11. The van der Waals surface area contributed by atoms with Crippen molar-refractivity contribution >= 4 is 11.5 Å². The maximum Gasteiger partial charge on any atom is 0.433 e. The summed E-state index contributed by atoms with van der Waals surface area (Å²) in [5.74, 6) is 1.61. The van der Waals surface area contributed by atoms with Gasteiger partial charge in [0, 0.05) is 43.0 Å². The van der Waals surface area contributed by atoms with Crippen LogP contribution in [0.5, 0.6) is 11.5 Å². The van der Waals surface area contributed by atoms with E-state index in [2.05, 4.69) is 15.2 Å². The van der Waals surface area contributed by atoms with E-state index < -0.39 is 11.9 Å². The lowest BCUT2D eigenvalue weighted by molar-refractivity contribution is -0.141. The monoisotopic (exact) mass is 367 g/mol. The highest BCUT2D eigenvalue weighted by molar-refractivity contribution is 5.57. The zero-order valence-electron chi connectivity index (χ0n) is 14.5. The Labute approximate surface area is 149 Å². The fraction of sp³-hybridized carbons (Fsp3) is 0.389. The molecule has 1 aliphatic heterocycles. The third kappa shape index (κ3) is 4.12. The number of hydrogen-bond donors (Lipinski definition) is 1. The van der Waals surface area contributed by atoms with Crippen LogP contribution in [0, 0.1) is 0 Å². The lowest BCUT2D eigenvalue weighted by Gasteiger charge is -2.21. The van der Waals surface area contributed by atoms with E-state index in [1.54, 1.807) is 26.4 Å². The van der Waals surface area contributed by atoms with Crippen LogP contribution in [0.15, 0.2) is 36.4 Å². The zero-order valence-corrected chi connectivity index (χ0v) is 14.5. The van der Waals surface area contributed by atoms with Gasteiger partial charge in [0.15, 0.2) is 0 Å². The summed E-state index contributed by atoms with van der Waals surface area (Å²) >= 11 is 0. The number of aromatic nitrogens is 1. The van der Waals surface area contributed by atoms with Gasteiger partial charge >= 0.3 is 6.18 Å². The van der Waals surface area contributed by atoms with Crippen LogP contribution in [0.1, 0.15) is 12.1 Å². The predicted octanol–water partition coefficient (Wildman–Crippen LogP) is 3.81. The maximum atomic E-state index is 12.8. The van der Waals surface area contributed by atoms with Crippen molar-refractivity contribution in [3.05, 3.63) is 42.1 Å². The van der Waals surface area contributed by atoms with Crippen molar-refractivity contribution in [2.24, 2.45) is 0 Å². The molecule has 1 aromatic heterocycles. The SMILES string of the molecule is COc1cc(OC)cc(N2CCC(Nc3cccc(C(F)(F)F)n3)C2)c1. The molecule has 0 aliphatic carbocycles. The zero-order chi connectivity index (χ0) is 18.7. The highest BCUT2D eigenvalue weighted by Gasteiger charge is 2.33. The number of nitrogens with zero attached hydrogens (tertiary/aromatic N) is 2. The number of alkyl halides is 3. The van der Waals surface area contributed by atoms with E-state index in [0.717, 1.165) is 24.7 Å². The number of rotatable bonds is 5. The molecule has 1 N–H and O–H groups in total. The van der Waals surface area contributed by atoms with Gasteiger partial charge < -0.3 is 19.7 Å². The molecular formula is C18H20F3N3O2. The molecule has 0 amide bonds. The summed E-state index contributed by atoms with van der Waals surface area (Å²) in [6.45, 7) is 1.42. The number of anilines is 2. The van der Waals surface area contributed by atoms with E-state index in [-0.39, 0.29) is 11.9 Å². The van der Waals surface area contributed by atoms with Crippen molar-refractivity contribution in [1.82, 2.24) is 4.98 Å². The van der Waals surface area contributed by atoms with Crippen LogP contribution in [-0.2, 0) is 6.18 Å². The first kappa shape index (κ1) is 18.2. The van der Waals surface area contributed by atoms with Crippen molar-refractivity contribution in [2.75, 3.05) is 37.5 Å². The molecule has 1 unspecified atom stereocenters. The van der Waals surface area contributed by atoms with Crippen LogP contribution < -0.4 is 19.7 Å². The van der Waals surface area contributed by atoms with Crippen LogP contribution in [0.3, 0.4) is 0 Å². The number of nitrogens with one attached hydrogen (secondary N) is 1. The predicted molar refractivity (Wildman–Crippen MR) is 93.0 cm³/mol. The molecule has 26 heavy (non-hydrogen) atoms. The first-order valence-corrected chi connectivity index (χ1v) is 8.18. The Morgan fingerprint density at radius 1 is 1.12 bits per heavy atom. The molecule has 5 nitrogen and oxygen atoms in total. The van der Waals surface area contributed by atoms with Gasteiger partial charge in [-0.3, -0.25) is 0 Å². The van der Waals surface area contributed by atoms with Crippen molar-refractivity contribution in [2.45, 2.75) is 18.6 Å². The second-order valence-electron chi connectivity index (χ2n) is 6.05. The fourth-order valence-corrected chi connectivity index (χ4v) is 2.97. The summed E-state index contributed by atoms with van der Waals surface area (Å²) in [4.78, 5) is 5.80. The van der Waals surface area contributed by atoms with Gasteiger partial charge in [-0.25, -0.2) is 4.98 Å². The van der Waals surface area contributed by atoms with E-state index in [9.17, 15) is 13.2 Å². The number of hydrogen-bond acceptors (Lipinski definition) is 5. The Morgan fingerprint density at radius 2 is 1.81 bits per heavy atom. The van der Waals surface area contributed by atoms with Crippen molar-refractivity contribution in [3.8, 4) is 11.5 Å². The highest BCUT2D eigenvalue weighted by atomic mass is 19.4. The fourth-order valence-electron chi connectivity index (χ4n) is 2.97. The normalized spacial score (nSPS) is 17.3. The van der Waals surface area contributed by atoms with E-state index in [0.29, 0.717) is 18.0 Å². The number of ether oxygens (including phenoxy) is 2. The molecule has 2 heterocycles. The molecule has 0 spiro atoms. The number of methoxy groups -OCH3 is 2. The Hall–Kier alpha value is -2.64. The summed E-state index contributed by atoms with van der Waals surface area (Å²) in [6, 6.07) is 9.49. The topological polar surface area (TPSA) is 46.6 Å². The molecule has 2 aromatic rings. The van der Waals surface area contributed by atoms with Gasteiger partial charge in [-0.1, -0.05) is 6.07 Å². The third-order valence-electron chi connectivity index (χ3n) is 4.28. The summed E-state index contributed by atoms with van der Waals surface area (Å²) in [5.41, 5.74) is 0.0531. The average molecular weight is 367 g/mol. The van der Waals surface area contributed by atoms with Crippen LogP contribution in [-0.4, -0.2) is 38.3 Å². The molecule has 0 saturated carbocycles. The summed E-state index contributed by atoms with van der Waals surface area (Å²) in [7, 11) is 3.18. The first-order chi connectivity index (χ1) is 12.4. The van der Waals surface area contributed by atoms with Gasteiger partial charge in [0.1, 0.15) is 23.0 Å². The number of halogens is 3. The van der Waals surface area contributed by atoms with E-state index in [1.165, 1.54) is 6.07 Å². The molecule has 0 bridgehead atoms. The van der Waals surface area contributed by atoms with Crippen LogP contribution in [0.2, 0.25) is 0 Å². The minimum Gasteiger partial charge on any atom is -0.497 e. The molecule has 1 aromatic carbocycles. The van der Waals surface area contributed by atoms with Crippen molar-refractivity contribution in [1.29, 1.82) is 0 Å².